The number of hydrogen-bond acceptors (Lipinski definition) is 2. The fraction of sp³-hybridized carbons (Fsp3) is 0.778. The van der Waals surface area contributed by atoms with Gasteiger partial charge in [0, 0.05) is 12.1 Å². The smallest absolute Gasteiger partial charge is 0.318 e. The van der Waals surface area contributed by atoms with Crippen LogP contribution < -0.4 is 5.32 Å². The Morgan fingerprint density at radius 2 is 2.21 bits per heavy atom. The number of amides is 2. The molecule has 1 fully saturated rings. The summed E-state index contributed by atoms with van der Waals surface area (Å²) < 4.78 is 0. The Morgan fingerprint density at radius 1 is 1.64 bits per heavy atom. The van der Waals surface area contributed by atoms with Crippen molar-refractivity contribution in [3.05, 3.63) is 0 Å². The lowest BCUT2D eigenvalue weighted by Gasteiger charge is -2.35. The van der Waals surface area contributed by atoms with Crippen molar-refractivity contribution < 1.29 is 14.7 Å². The van der Waals surface area contributed by atoms with Gasteiger partial charge in [0.2, 0.25) is 0 Å². The molecule has 5 heteroatoms. The lowest BCUT2D eigenvalue weighted by Crippen LogP contribution is -2.48. The molecule has 0 aromatic carbocycles. The molecule has 0 radical (unpaired) electrons. The molecule has 2 N–H and O–H groups in total. The van der Waals surface area contributed by atoms with Crippen LogP contribution in [-0.2, 0) is 4.79 Å². The zero-order chi connectivity index (χ0) is 10.9. The number of aliphatic carboxylic acids is 1. The summed E-state index contributed by atoms with van der Waals surface area (Å²) in [7, 11) is 0. The van der Waals surface area contributed by atoms with Crippen molar-refractivity contribution in [2.75, 3.05) is 6.54 Å². The molecule has 1 aliphatic rings. The highest BCUT2D eigenvalue weighted by Gasteiger charge is 2.38. The quantitative estimate of drug-likeness (QED) is 0.687. The third kappa shape index (κ3) is 2.16. The number of urea groups is 1. The fourth-order valence-corrected chi connectivity index (χ4v) is 1.76. The highest BCUT2D eigenvalue weighted by molar-refractivity contribution is 5.79. The van der Waals surface area contributed by atoms with E-state index in [1.165, 1.54) is 0 Å². The van der Waals surface area contributed by atoms with Crippen LogP contribution in [0, 0.1) is 0 Å². The first-order chi connectivity index (χ1) is 6.32. The number of nitrogens with one attached hydrogen (secondary N) is 1. The Kier molecular flexibility index (Phi) is 2.69. The first kappa shape index (κ1) is 10.8. The normalized spacial score (nSPS) is 22.4. The molecule has 0 aromatic heterocycles. The second-order valence-corrected chi connectivity index (χ2v) is 4.48. The molecule has 0 aromatic rings. The van der Waals surface area contributed by atoms with Crippen LogP contribution in [0.1, 0.15) is 27.2 Å². The third-order valence-corrected chi connectivity index (χ3v) is 2.21. The Morgan fingerprint density at radius 3 is 2.64 bits per heavy atom. The number of carbonyl (C=O) groups is 2. The van der Waals surface area contributed by atoms with Gasteiger partial charge in [0.15, 0.2) is 0 Å². The zero-order valence-corrected chi connectivity index (χ0v) is 8.70. The lowest BCUT2D eigenvalue weighted by atomic mass is 10.0. The van der Waals surface area contributed by atoms with Gasteiger partial charge in [-0.2, -0.15) is 0 Å². The first-order valence-electron chi connectivity index (χ1n) is 4.61. The van der Waals surface area contributed by atoms with E-state index in [4.69, 9.17) is 5.11 Å². The number of rotatable bonds is 2. The summed E-state index contributed by atoms with van der Waals surface area (Å²) in [6, 6.07) is -0.413. The van der Waals surface area contributed by atoms with Crippen LogP contribution in [0.25, 0.3) is 0 Å². The molecule has 5 nitrogen and oxygen atoms in total. The maximum atomic E-state index is 11.4. The van der Waals surface area contributed by atoms with Crippen LogP contribution in [0.15, 0.2) is 0 Å². The number of hydrogen-bond donors (Lipinski definition) is 2. The van der Waals surface area contributed by atoms with Crippen molar-refractivity contribution in [3.8, 4) is 0 Å². The van der Waals surface area contributed by atoms with Crippen molar-refractivity contribution >= 4 is 12.0 Å². The molecule has 1 saturated heterocycles. The largest absolute Gasteiger partial charge is 0.481 e. The predicted molar refractivity (Wildman–Crippen MR) is 51.0 cm³/mol. The van der Waals surface area contributed by atoms with Gasteiger partial charge in [0.05, 0.1) is 12.5 Å². The Bertz CT molecular complexity index is 257. The average molecular weight is 200 g/mol. The maximum absolute atomic E-state index is 11.4. The van der Waals surface area contributed by atoms with E-state index in [-0.39, 0.29) is 24.0 Å². The predicted octanol–water partition coefficient (Wildman–Crippen LogP) is 0.653. The summed E-state index contributed by atoms with van der Waals surface area (Å²) in [5.74, 6) is -0.874. The minimum Gasteiger partial charge on any atom is -0.481 e. The molecular formula is C9H16N2O3. The van der Waals surface area contributed by atoms with Gasteiger partial charge in [-0.1, -0.05) is 0 Å². The van der Waals surface area contributed by atoms with Crippen molar-refractivity contribution in [1.29, 1.82) is 0 Å². The second-order valence-electron chi connectivity index (χ2n) is 4.48. The van der Waals surface area contributed by atoms with Crippen LogP contribution in [0.5, 0.6) is 0 Å². The SMILES string of the molecule is CC(C)(C)N1C(=O)NCC1CC(=O)O. The third-order valence-electron chi connectivity index (χ3n) is 2.21. The summed E-state index contributed by atoms with van der Waals surface area (Å²) in [6.45, 7) is 6.11. The maximum Gasteiger partial charge on any atom is 0.318 e. The standard InChI is InChI=1S/C9H16N2O3/c1-9(2,3)11-6(4-7(12)13)5-10-8(11)14/h6H,4-5H2,1-3H3,(H,10,14)(H,12,13). The molecular weight excluding hydrogens is 184 g/mol. The number of nitrogens with zero attached hydrogens (tertiary/aromatic N) is 1. The fourth-order valence-electron chi connectivity index (χ4n) is 1.76. The monoisotopic (exact) mass is 200 g/mol. The van der Waals surface area contributed by atoms with E-state index in [1.54, 1.807) is 4.90 Å². The van der Waals surface area contributed by atoms with E-state index >= 15 is 0 Å². The van der Waals surface area contributed by atoms with Gasteiger partial charge >= 0.3 is 12.0 Å². The molecule has 0 aliphatic carbocycles. The van der Waals surface area contributed by atoms with Crippen LogP contribution in [0.3, 0.4) is 0 Å². The minimum atomic E-state index is -0.874. The summed E-state index contributed by atoms with van der Waals surface area (Å²) in [6.07, 6.45) is -0.00396. The lowest BCUT2D eigenvalue weighted by molar-refractivity contribution is -0.138. The molecule has 2 amide bonds. The van der Waals surface area contributed by atoms with E-state index in [0.717, 1.165) is 0 Å². The first-order valence-corrected chi connectivity index (χ1v) is 4.61. The van der Waals surface area contributed by atoms with E-state index < -0.39 is 5.97 Å². The molecule has 0 spiro atoms. The summed E-state index contributed by atoms with van der Waals surface area (Å²) in [5.41, 5.74) is -0.333. The Hall–Kier alpha value is -1.26. The van der Waals surface area contributed by atoms with E-state index in [1.807, 2.05) is 20.8 Å². The van der Waals surface area contributed by atoms with E-state index in [0.29, 0.717) is 6.54 Å². The highest BCUT2D eigenvalue weighted by atomic mass is 16.4. The molecule has 0 saturated carbocycles. The molecule has 0 bridgehead atoms. The summed E-state index contributed by atoms with van der Waals surface area (Å²) in [4.78, 5) is 23.6. The highest BCUT2D eigenvalue weighted by Crippen LogP contribution is 2.22. The van der Waals surface area contributed by atoms with E-state index in [9.17, 15) is 9.59 Å². The number of carboxylic acid groups (broad SMARTS) is 1. The summed E-state index contributed by atoms with van der Waals surface area (Å²) >= 11 is 0. The van der Waals surface area contributed by atoms with Gasteiger partial charge in [0.25, 0.3) is 0 Å². The van der Waals surface area contributed by atoms with Crippen molar-refractivity contribution in [3.63, 3.8) is 0 Å². The van der Waals surface area contributed by atoms with Crippen LogP contribution in [-0.4, -0.2) is 40.1 Å². The molecule has 1 rings (SSSR count). The van der Waals surface area contributed by atoms with Gasteiger partial charge in [0.1, 0.15) is 0 Å². The molecule has 1 atom stereocenters. The van der Waals surface area contributed by atoms with Gasteiger partial charge in [-0.3, -0.25) is 4.79 Å². The van der Waals surface area contributed by atoms with Crippen molar-refractivity contribution in [2.24, 2.45) is 0 Å². The summed E-state index contributed by atoms with van der Waals surface area (Å²) in [5, 5.41) is 11.3. The minimum absolute atomic E-state index is 0.00396. The molecule has 1 heterocycles. The molecule has 1 aliphatic heterocycles. The van der Waals surface area contributed by atoms with Crippen molar-refractivity contribution in [2.45, 2.75) is 38.8 Å². The van der Waals surface area contributed by atoms with E-state index in [2.05, 4.69) is 5.32 Å². The molecule has 14 heavy (non-hydrogen) atoms. The van der Waals surface area contributed by atoms with Gasteiger partial charge in [-0.05, 0) is 20.8 Å². The molecule has 80 valence electrons. The van der Waals surface area contributed by atoms with Crippen molar-refractivity contribution in [1.82, 2.24) is 10.2 Å². The zero-order valence-electron chi connectivity index (χ0n) is 8.70. The number of carboxylic acids is 1. The Balaban J connectivity index is 2.77. The van der Waals surface area contributed by atoms with Gasteiger partial charge < -0.3 is 15.3 Å². The van der Waals surface area contributed by atoms with Gasteiger partial charge in [-0.25, -0.2) is 4.79 Å². The Labute approximate surface area is 83.1 Å². The number of carbonyl (C=O) groups excluding carboxylic acids is 1. The van der Waals surface area contributed by atoms with Crippen LogP contribution in [0.4, 0.5) is 4.79 Å². The van der Waals surface area contributed by atoms with Gasteiger partial charge in [-0.15, -0.1) is 0 Å². The topological polar surface area (TPSA) is 69.6 Å². The van der Waals surface area contributed by atoms with Crippen LogP contribution in [0.2, 0.25) is 0 Å². The van der Waals surface area contributed by atoms with Crippen LogP contribution >= 0.6 is 0 Å². The second kappa shape index (κ2) is 3.48. The average Bonchev–Trinajstić information content (AvgIpc) is 2.28. The molecule has 1 unspecified atom stereocenters.